The van der Waals surface area contributed by atoms with Gasteiger partial charge in [0.15, 0.2) is 5.75 Å². The highest BCUT2D eigenvalue weighted by molar-refractivity contribution is 5.88. The Bertz CT molecular complexity index is 787. The molecule has 1 heterocycles. The number of hydrogen-bond acceptors (Lipinski definition) is 5. The molecule has 3 N–H and O–H groups in total. The first kappa shape index (κ1) is 12.2. The number of phenols is 1. The maximum absolute atomic E-state index is 9.59. The third-order valence-electron chi connectivity index (χ3n) is 3.09. The Morgan fingerprint density at radius 1 is 1.00 bits per heavy atom. The van der Waals surface area contributed by atoms with Crippen molar-refractivity contribution >= 4 is 16.5 Å². The van der Waals surface area contributed by atoms with E-state index < -0.39 is 0 Å². The van der Waals surface area contributed by atoms with Crippen molar-refractivity contribution in [1.82, 2.24) is 10.2 Å². The van der Waals surface area contributed by atoms with Gasteiger partial charge in [0.2, 0.25) is 5.88 Å². The molecule has 0 unspecified atom stereocenters. The van der Waals surface area contributed by atoms with E-state index in [2.05, 4.69) is 10.2 Å². The van der Waals surface area contributed by atoms with Gasteiger partial charge in [-0.15, -0.1) is 5.10 Å². The first-order valence-electron chi connectivity index (χ1n) is 6.14. The van der Waals surface area contributed by atoms with Gasteiger partial charge < -0.3 is 15.6 Å². The predicted molar refractivity (Wildman–Crippen MR) is 76.9 cm³/mol. The van der Waals surface area contributed by atoms with Gasteiger partial charge in [-0.25, -0.2) is 0 Å². The maximum atomic E-state index is 9.59. The van der Waals surface area contributed by atoms with Crippen molar-refractivity contribution in [3.05, 3.63) is 48.2 Å². The average Bonchev–Trinajstić information content (AvgIpc) is 2.47. The van der Waals surface area contributed by atoms with Gasteiger partial charge in [-0.3, -0.25) is 0 Å². The van der Waals surface area contributed by atoms with Crippen molar-refractivity contribution in [2.45, 2.75) is 6.92 Å². The molecule has 100 valence electrons. The lowest BCUT2D eigenvalue weighted by Crippen LogP contribution is -1.97. The van der Waals surface area contributed by atoms with E-state index in [0.29, 0.717) is 11.6 Å². The van der Waals surface area contributed by atoms with Crippen LogP contribution in [0, 0.1) is 6.92 Å². The van der Waals surface area contributed by atoms with E-state index in [4.69, 9.17) is 10.5 Å². The second-order valence-electron chi connectivity index (χ2n) is 4.43. The number of aromatic nitrogens is 2. The molecule has 0 aliphatic carbocycles. The number of ether oxygens (including phenoxy) is 1. The lowest BCUT2D eigenvalue weighted by atomic mass is 10.1. The zero-order valence-corrected chi connectivity index (χ0v) is 10.9. The summed E-state index contributed by atoms with van der Waals surface area (Å²) in [6.45, 7) is 1.89. The van der Waals surface area contributed by atoms with E-state index in [1.807, 2.05) is 31.2 Å². The molecule has 20 heavy (non-hydrogen) atoms. The van der Waals surface area contributed by atoms with Gasteiger partial charge in [0.25, 0.3) is 0 Å². The van der Waals surface area contributed by atoms with E-state index in [1.54, 1.807) is 12.1 Å². The number of anilines is 1. The molecule has 3 aromatic rings. The Balaban J connectivity index is 2.12. The number of hydrogen-bond donors (Lipinski definition) is 2. The minimum absolute atomic E-state index is 0.0214. The number of nitrogen functional groups attached to an aromatic ring is 1. The summed E-state index contributed by atoms with van der Waals surface area (Å²) in [5.74, 6) is 0.698. The number of nitrogens with two attached hydrogens (primary N) is 1. The fourth-order valence-electron chi connectivity index (χ4n) is 2.01. The van der Waals surface area contributed by atoms with Crippen LogP contribution in [0.2, 0.25) is 0 Å². The molecule has 0 atom stereocenters. The number of para-hydroxylation sites is 1. The van der Waals surface area contributed by atoms with Crippen molar-refractivity contribution in [3.63, 3.8) is 0 Å². The number of rotatable bonds is 2. The summed E-state index contributed by atoms with van der Waals surface area (Å²) in [6.07, 6.45) is 0. The fourth-order valence-corrected chi connectivity index (χ4v) is 2.01. The van der Waals surface area contributed by atoms with Gasteiger partial charge in [0.05, 0.1) is 5.69 Å². The molecule has 0 saturated heterocycles. The molecule has 0 spiro atoms. The lowest BCUT2D eigenvalue weighted by molar-refractivity contribution is 0.449. The van der Waals surface area contributed by atoms with E-state index in [-0.39, 0.29) is 11.4 Å². The van der Waals surface area contributed by atoms with Gasteiger partial charge in [0, 0.05) is 10.8 Å². The third kappa shape index (κ3) is 1.99. The quantitative estimate of drug-likeness (QED) is 0.551. The Hall–Kier alpha value is -2.82. The molecule has 0 aliphatic heterocycles. The van der Waals surface area contributed by atoms with E-state index in [0.717, 1.165) is 16.5 Å². The molecule has 5 heteroatoms. The van der Waals surface area contributed by atoms with E-state index >= 15 is 0 Å². The molecule has 0 fully saturated rings. The summed E-state index contributed by atoms with van der Waals surface area (Å²) >= 11 is 0. The van der Waals surface area contributed by atoms with Gasteiger partial charge in [-0.05, 0) is 25.1 Å². The smallest absolute Gasteiger partial charge is 0.246 e. The number of benzene rings is 2. The summed E-state index contributed by atoms with van der Waals surface area (Å²) in [4.78, 5) is 0. The zero-order chi connectivity index (χ0) is 14.1. The minimum Gasteiger partial charge on any atom is -0.506 e. The van der Waals surface area contributed by atoms with Gasteiger partial charge >= 0.3 is 0 Å². The Kier molecular flexibility index (Phi) is 2.87. The molecule has 0 radical (unpaired) electrons. The molecule has 3 rings (SSSR count). The van der Waals surface area contributed by atoms with Crippen molar-refractivity contribution in [3.8, 4) is 17.4 Å². The van der Waals surface area contributed by atoms with Crippen LogP contribution in [-0.2, 0) is 0 Å². The van der Waals surface area contributed by atoms with Crippen LogP contribution in [0.1, 0.15) is 5.69 Å². The molecule has 0 amide bonds. The van der Waals surface area contributed by atoms with Crippen molar-refractivity contribution in [2.75, 3.05) is 5.73 Å². The highest BCUT2D eigenvalue weighted by Crippen LogP contribution is 2.35. The molecule has 2 aromatic carbocycles. The van der Waals surface area contributed by atoms with Crippen molar-refractivity contribution in [1.29, 1.82) is 0 Å². The Morgan fingerprint density at radius 3 is 2.55 bits per heavy atom. The Morgan fingerprint density at radius 2 is 1.75 bits per heavy atom. The molecule has 0 saturated carbocycles. The minimum atomic E-state index is -0.0214. The molecule has 0 bridgehead atoms. The highest BCUT2D eigenvalue weighted by atomic mass is 16.5. The molecule has 5 nitrogen and oxygen atoms in total. The van der Waals surface area contributed by atoms with Crippen LogP contribution >= 0.6 is 0 Å². The van der Waals surface area contributed by atoms with Gasteiger partial charge in [0.1, 0.15) is 11.4 Å². The second-order valence-corrected chi connectivity index (χ2v) is 4.43. The largest absolute Gasteiger partial charge is 0.506 e. The summed E-state index contributed by atoms with van der Waals surface area (Å²) in [7, 11) is 0. The van der Waals surface area contributed by atoms with Gasteiger partial charge in [-0.1, -0.05) is 24.3 Å². The van der Waals surface area contributed by atoms with Crippen LogP contribution < -0.4 is 10.5 Å². The van der Waals surface area contributed by atoms with Crippen LogP contribution in [0.25, 0.3) is 10.8 Å². The van der Waals surface area contributed by atoms with E-state index in [1.165, 1.54) is 6.07 Å². The zero-order valence-electron chi connectivity index (χ0n) is 10.9. The SMILES string of the molecule is Cc1nnc(Oc2cccc(O)c2N)c2ccccc12. The molecular formula is C15H13N3O2. The first-order chi connectivity index (χ1) is 9.66. The van der Waals surface area contributed by atoms with E-state index in [9.17, 15) is 5.11 Å². The molecule has 1 aromatic heterocycles. The normalized spacial score (nSPS) is 10.7. The lowest BCUT2D eigenvalue weighted by Gasteiger charge is -2.10. The number of fused-ring (bicyclic) bond motifs is 1. The highest BCUT2D eigenvalue weighted by Gasteiger charge is 2.11. The van der Waals surface area contributed by atoms with Crippen LogP contribution in [0.3, 0.4) is 0 Å². The number of nitrogens with zero attached hydrogens (tertiary/aromatic N) is 2. The number of aryl methyl sites for hydroxylation is 1. The summed E-state index contributed by atoms with van der Waals surface area (Å²) in [5.41, 5.74) is 6.79. The van der Waals surface area contributed by atoms with Crippen molar-refractivity contribution in [2.24, 2.45) is 0 Å². The fraction of sp³-hybridized carbons (Fsp3) is 0.0667. The topological polar surface area (TPSA) is 81.3 Å². The van der Waals surface area contributed by atoms with Crippen LogP contribution in [0.15, 0.2) is 42.5 Å². The molecular weight excluding hydrogens is 254 g/mol. The summed E-state index contributed by atoms with van der Waals surface area (Å²) in [5, 5.41) is 19.6. The average molecular weight is 267 g/mol. The van der Waals surface area contributed by atoms with Crippen LogP contribution in [0.4, 0.5) is 5.69 Å². The summed E-state index contributed by atoms with van der Waals surface area (Å²) in [6, 6.07) is 12.5. The first-order valence-corrected chi connectivity index (χ1v) is 6.14. The van der Waals surface area contributed by atoms with Gasteiger partial charge in [-0.2, -0.15) is 5.10 Å². The maximum Gasteiger partial charge on any atom is 0.246 e. The second kappa shape index (κ2) is 4.70. The van der Waals surface area contributed by atoms with Crippen molar-refractivity contribution < 1.29 is 9.84 Å². The number of aromatic hydroxyl groups is 1. The standard InChI is InChI=1S/C15H13N3O2/c1-9-10-5-2-3-6-11(10)15(18-17-9)20-13-8-4-7-12(19)14(13)16/h2-8,19H,16H2,1H3. The molecule has 0 aliphatic rings. The summed E-state index contributed by atoms with van der Waals surface area (Å²) < 4.78 is 5.70. The monoisotopic (exact) mass is 267 g/mol. The van der Waals surface area contributed by atoms with Crippen LogP contribution in [-0.4, -0.2) is 15.3 Å². The van der Waals surface area contributed by atoms with Crippen LogP contribution in [0.5, 0.6) is 17.4 Å². The Labute approximate surface area is 115 Å². The third-order valence-corrected chi connectivity index (χ3v) is 3.09. The number of phenolic OH excluding ortho intramolecular Hbond substituents is 1. The predicted octanol–water partition coefficient (Wildman–Crippen LogP) is 3.02.